The number of amides is 1. The number of fused-ring (bicyclic) bond motifs is 1. The van der Waals surface area contributed by atoms with Gasteiger partial charge in [-0.15, -0.1) is 0 Å². The fraction of sp³-hybridized carbons (Fsp3) is 0.200. The first-order valence-corrected chi connectivity index (χ1v) is 5.25. The van der Waals surface area contributed by atoms with Gasteiger partial charge in [0.2, 0.25) is 0 Å². The number of ether oxygens (including phenoxy) is 1. The molecule has 1 amide bonds. The van der Waals surface area contributed by atoms with Crippen LogP contribution >= 0.6 is 0 Å². The number of carboxylic acids is 1. The van der Waals surface area contributed by atoms with E-state index in [0.717, 1.165) is 0 Å². The Morgan fingerprint density at radius 2 is 2.26 bits per heavy atom. The van der Waals surface area contributed by atoms with Gasteiger partial charge in [0.25, 0.3) is 0 Å². The van der Waals surface area contributed by atoms with Crippen LogP contribution in [0, 0.1) is 5.82 Å². The van der Waals surface area contributed by atoms with Crippen LogP contribution in [0.25, 0.3) is 0 Å². The zero-order valence-electron chi connectivity index (χ0n) is 9.55. The minimum Gasteiger partial charge on any atom is -0.479 e. The zero-order valence-corrected chi connectivity index (χ0v) is 9.55. The van der Waals surface area contributed by atoms with Gasteiger partial charge in [0, 0.05) is 5.46 Å². The van der Waals surface area contributed by atoms with Crippen molar-refractivity contribution in [1.82, 2.24) is 0 Å². The SMILES string of the molecule is O=C(O)COC(=O)Nc1ccc2c(c1F)B(O)OC2. The number of aliphatic carboxylic acids is 1. The van der Waals surface area contributed by atoms with Crippen LogP contribution in [-0.2, 0) is 20.8 Å². The Kier molecular flexibility index (Phi) is 3.68. The molecule has 19 heavy (non-hydrogen) atoms. The third-order valence-corrected chi connectivity index (χ3v) is 2.48. The van der Waals surface area contributed by atoms with E-state index in [2.05, 4.69) is 4.74 Å². The molecule has 0 fully saturated rings. The molecule has 1 heterocycles. The number of anilines is 1. The number of carbonyl (C=O) groups is 2. The number of hydrogen-bond acceptors (Lipinski definition) is 5. The Labute approximate surface area is 107 Å². The molecular formula is C10H9BFNO6. The van der Waals surface area contributed by atoms with Gasteiger partial charge in [0.1, 0.15) is 5.82 Å². The molecule has 1 aromatic rings. The minimum atomic E-state index is -1.38. The molecular weight excluding hydrogens is 260 g/mol. The van der Waals surface area contributed by atoms with Crippen molar-refractivity contribution in [2.24, 2.45) is 0 Å². The molecule has 1 aliphatic rings. The lowest BCUT2D eigenvalue weighted by Gasteiger charge is -2.09. The summed E-state index contributed by atoms with van der Waals surface area (Å²) in [5, 5.41) is 19.8. The van der Waals surface area contributed by atoms with Crippen molar-refractivity contribution in [2.75, 3.05) is 11.9 Å². The Balaban J connectivity index is 2.12. The van der Waals surface area contributed by atoms with Gasteiger partial charge in [-0.1, -0.05) is 6.07 Å². The molecule has 0 atom stereocenters. The first-order chi connectivity index (χ1) is 8.99. The predicted molar refractivity (Wildman–Crippen MR) is 61.4 cm³/mol. The van der Waals surface area contributed by atoms with E-state index in [9.17, 15) is 19.0 Å². The summed E-state index contributed by atoms with van der Waals surface area (Å²) in [6.07, 6.45) is -1.10. The second kappa shape index (κ2) is 5.25. The van der Waals surface area contributed by atoms with Crippen LogP contribution in [0.1, 0.15) is 5.56 Å². The lowest BCUT2D eigenvalue weighted by atomic mass is 9.79. The summed E-state index contributed by atoms with van der Waals surface area (Å²) >= 11 is 0. The van der Waals surface area contributed by atoms with Gasteiger partial charge < -0.3 is 19.5 Å². The third-order valence-electron chi connectivity index (χ3n) is 2.48. The summed E-state index contributed by atoms with van der Waals surface area (Å²) in [5.41, 5.74) is 0.212. The number of carboxylic acid groups (broad SMARTS) is 1. The molecule has 0 aliphatic carbocycles. The van der Waals surface area contributed by atoms with Crippen LogP contribution in [0.5, 0.6) is 0 Å². The van der Waals surface area contributed by atoms with Crippen molar-refractivity contribution >= 4 is 30.3 Å². The standard InChI is InChI=1S/C10H9BFNO6/c12-9-6(13-10(16)18-4-7(14)15)2-1-5-3-19-11(17)8(5)9/h1-2,17H,3-4H2,(H,13,16)(H,14,15). The first-order valence-electron chi connectivity index (χ1n) is 5.25. The number of rotatable bonds is 3. The highest BCUT2D eigenvalue weighted by molar-refractivity contribution is 6.61. The van der Waals surface area contributed by atoms with Gasteiger partial charge in [0.05, 0.1) is 12.3 Å². The van der Waals surface area contributed by atoms with E-state index in [0.29, 0.717) is 5.56 Å². The maximum Gasteiger partial charge on any atom is 0.494 e. The third kappa shape index (κ3) is 2.83. The zero-order chi connectivity index (χ0) is 14.0. The molecule has 0 aromatic heterocycles. The maximum atomic E-state index is 14.0. The summed E-state index contributed by atoms with van der Waals surface area (Å²) in [7, 11) is -1.38. The highest BCUT2D eigenvalue weighted by atomic mass is 19.1. The Bertz CT molecular complexity index is 537. The summed E-state index contributed by atoms with van der Waals surface area (Å²) in [6, 6.07) is 2.76. The fourth-order valence-electron chi connectivity index (χ4n) is 1.65. The summed E-state index contributed by atoms with van der Waals surface area (Å²) in [4.78, 5) is 21.4. The molecule has 1 aromatic carbocycles. The molecule has 0 unspecified atom stereocenters. The van der Waals surface area contributed by atoms with Gasteiger partial charge >= 0.3 is 19.2 Å². The van der Waals surface area contributed by atoms with Gasteiger partial charge in [-0.25, -0.2) is 14.0 Å². The van der Waals surface area contributed by atoms with E-state index >= 15 is 0 Å². The smallest absolute Gasteiger partial charge is 0.479 e. The lowest BCUT2D eigenvalue weighted by Crippen LogP contribution is -2.32. The molecule has 7 nitrogen and oxygen atoms in total. The molecule has 3 N–H and O–H groups in total. The lowest BCUT2D eigenvalue weighted by molar-refractivity contribution is -0.140. The molecule has 0 saturated carbocycles. The fourth-order valence-corrected chi connectivity index (χ4v) is 1.65. The predicted octanol–water partition coefficient (Wildman–Crippen LogP) is -0.324. The van der Waals surface area contributed by atoms with Gasteiger partial charge in [-0.2, -0.15) is 0 Å². The highest BCUT2D eigenvalue weighted by Gasteiger charge is 2.32. The number of hydrogen-bond donors (Lipinski definition) is 3. The molecule has 0 bridgehead atoms. The van der Waals surface area contributed by atoms with E-state index in [1.165, 1.54) is 12.1 Å². The minimum absolute atomic E-state index is 0.0453. The molecule has 0 saturated heterocycles. The number of halogens is 1. The van der Waals surface area contributed by atoms with Crippen molar-refractivity contribution < 1.29 is 33.5 Å². The van der Waals surface area contributed by atoms with E-state index in [-0.39, 0.29) is 17.8 Å². The molecule has 100 valence electrons. The van der Waals surface area contributed by atoms with Gasteiger partial charge in [-0.3, -0.25) is 5.32 Å². The van der Waals surface area contributed by atoms with Crippen molar-refractivity contribution in [3.05, 3.63) is 23.5 Å². The van der Waals surface area contributed by atoms with Crippen LogP contribution in [-0.4, -0.2) is 35.9 Å². The second-order valence-corrected chi connectivity index (χ2v) is 3.76. The molecule has 0 radical (unpaired) electrons. The average Bonchev–Trinajstić information content (AvgIpc) is 2.73. The summed E-state index contributed by atoms with van der Waals surface area (Å²) < 4.78 is 23.1. The van der Waals surface area contributed by atoms with Crippen LogP contribution < -0.4 is 10.8 Å². The normalized spacial score (nSPS) is 13.1. The second-order valence-electron chi connectivity index (χ2n) is 3.76. The molecule has 1 aliphatic heterocycles. The number of benzene rings is 1. The number of carbonyl (C=O) groups excluding carboxylic acids is 1. The summed E-state index contributed by atoms with van der Waals surface area (Å²) in [5.74, 6) is -2.16. The van der Waals surface area contributed by atoms with Crippen molar-refractivity contribution in [1.29, 1.82) is 0 Å². The van der Waals surface area contributed by atoms with Crippen molar-refractivity contribution in [2.45, 2.75) is 6.61 Å². The summed E-state index contributed by atoms with van der Waals surface area (Å²) in [6.45, 7) is -0.749. The highest BCUT2D eigenvalue weighted by Crippen LogP contribution is 2.19. The van der Waals surface area contributed by atoms with E-state index in [4.69, 9.17) is 9.76 Å². The van der Waals surface area contributed by atoms with Gasteiger partial charge in [0.15, 0.2) is 6.61 Å². The maximum absolute atomic E-state index is 14.0. The first kappa shape index (κ1) is 13.3. The van der Waals surface area contributed by atoms with Crippen LogP contribution in [0.4, 0.5) is 14.9 Å². The molecule has 9 heteroatoms. The quantitative estimate of drug-likeness (QED) is 0.649. The Morgan fingerprint density at radius 3 is 2.95 bits per heavy atom. The van der Waals surface area contributed by atoms with Crippen LogP contribution in [0.15, 0.2) is 12.1 Å². The topological polar surface area (TPSA) is 105 Å². The van der Waals surface area contributed by atoms with E-state index in [1.807, 2.05) is 5.32 Å². The largest absolute Gasteiger partial charge is 0.494 e. The molecule has 0 spiro atoms. The van der Waals surface area contributed by atoms with Crippen LogP contribution in [0.3, 0.4) is 0 Å². The van der Waals surface area contributed by atoms with Crippen molar-refractivity contribution in [3.8, 4) is 0 Å². The monoisotopic (exact) mass is 269 g/mol. The van der Waals surface area contributed by atoms with Gasteiger partial charge in [-0.05, 0) is 11.6 Å². The Morgan fingerprint density at radius 1 is 1.53 bits per heavy atom. The molecule has 2 rings (SSSR count). The van der Waals surface area contributed by atoms with Crippen LogP contribution in [0.2, 0.25) is 0 Å². The van der Waals surface area contributed by atoms with E-state index in [1.54, 1.807) is 0 Å². The Hall–Kier alpha value is -2.13. The van der Waals surface area contributed by atoms with Crippen molar-refractivity contribution in [3.63, 3.8) is 0 Å². The van der Waals surface area contributed by atoms with E-state index < -0.39 is 31.6 Å². The average molecular weight is 269 g/mol. The number of nitrogens with one attached hydrogen (secondary N) is 1.